The molecule has 2 aliphatic carbocycles. The molecule has 2 amide bonds. The van der Waals surface area contributed by atoms with Crippen molar-refractivity contribution in [2.24, 2.45) is 5.92 Å². The second-order valence-corrected chi connectivity index (χ2v) is 18.9. The van der Waals surface area contributed by atoms with Crippen LogP contribution in [0.15, 0.2) is 59.7 Å². The Morgan fingerprint density at radius 3 is 2.25 bits per heavy atom. The Bertz CT molecular complexity index is 2670. The van der Waals surface area contributed by atoms with Gasteiger partial charge in [0.05, 0.1) is 23.0 Å². The molecule has 4 aromatic heterocycles. The van der Waals surface area contributed by atoms with Gasteiger partial charge in [-0.2, -0.15) is 4.98 Å². The van der Waals surface area contributed by atoms with Crippen LogP contribution in [-0.4, -0.2) is 123 Å². The number of benzene rings is 1. The molecule has 9 rings (SSSR count). The number of carbonyl (C=O) groups is 3. The Morgan fingerprint density at radius 1 is 0.821 bits per heavy atom. The number of nitrogens with zero attached hydrogens (tertiary/aromatic N) is 10. The summed E-state index contributed by atoms with van der Waals surface area (Å²) in [5.41, 5.74) is 4.66. The summed E-state index contributed by atoms with van der Waals surface area (Å²) in [7, 11) is 3.78. The number of anilines is 6. The molecule has 0 bridgehead atoms. The number of pyridine rings is 2. The van der Waals surface area contributed by atoms with Gasteiger partial charge < -0.3 is 30.7 Å². The van der Waals surface area contributed by atoms with Crippen molar-refractivity contribution < 1.29 is 14.4 Å². The van der Waals surface area contributed by atoms with Crippen molar-refractivity contribution in [1.82, 2.24) is 39.5 Å². The highest BCUT2D eigenvalue weighted by Gasteiger charge is 2.36. The maximum atomic E-state index is 13.9. The number of ketones is 1. The molecule has 0 spiro atoms. The number of aryl methyl sites for hydroxylation is 2. The van der Waals surface area contributed by atoms with E-state index in [1.807, 2.05) is 49.5 Å². The number of aromatic nitrogens is 6. The van der Waals surface area contributed by atoms with Crippen molar-refractivity contribution in [2.75, 3.05) is 79.1 Å². The third-order valence-corrected chi connectivity index (χ3v) is 14.4. The van der Waals surface area contributed by atoms with Gasteiger partial charge in [0.15, 0.2) is 17.4 Å². The number of hydrogen-bond donors (Lipinski definition) is 3. The number of likely N-dealkylation sites (tertiary alicyclic amines) is 1. The first-order valence-corrected chi connectivity index (χ1v) is 24.1. The average molecular weight is 910 g/mol. The summed E-state index contributed by atoms with van der Waals surface area (Å²) in [4.78, 5) is 76.4. The summed E-state index contributed by atoms with van der Waals surface area (Å²) in [6, 6.07) is 14.0. The molecule has 2 saturated carbocycles. The predicted molar refractivity (Wildman–Crippen MR) is 262 cm³/mol. The topological polar surface area (TPSA) is 187 Å². The van der Waals surface area contributed by atoms with Crippen molar-refractivity contribution in [3.8, 4) is 0 Å². The van der Waals surface area contributed by atoms with Gasteiger partial charge in [0.2, 0.25) is 11.9 Å². The minimum atomic E-state index is -0.271. The van der Waals surface area contributed by atoms with E-state index in [0.717, 1.165) is 120 Å². The zero-order valence-corrected chi connectivity index (χ0v) is 39.4. The molecule has 17 heteroatoms. The molecular formula is C50H63N13O4. The number of amides is 2. The number of fused-ring (bicyclic) bond motifs is 1. The van der Waals surface area contributed by atoms with Crippen LogP contribution in [0.25, 0.3) is 11.0 Å². The Morgan fingerprint density at radius 2 is 1.58 bits per heavy atom. The highest BCUT2D eigenvalue weighted by atomic mass is 16.2. The standard InChI is InChI=1S/C50H63N13O4/c1-6-33-11-17-39(47(65)54-43-19-20-44(58-57-43)59(4)5)41(27-33)53-35-14-12-34(13-15-35)48(66)62-22-21-38(30-62)61-25-23-60(24-26-61)37-16-18-42(51-28-37)55-50-52-29-40-31(2)45(32(3)64)49(67)63(46(40)56-50)36-9-7-8-10-36/h11,16-20,27-29,34-36,38,53H,6-10,12-15,21-26,30H2,1-5H3,(H,54,57,65)(H,51,52,55,56). The van der Waals surface area contributed by atoms with Gasteiger partial charge in [0, 0.05) is 94.7 Å². The van der Waals surface area contributed by atoms with Crippen LogP contribution in [0.3, 0.4) is 0 Å². The van der Waals surface area contributed by atoms with Crippen molar-refractivity contribution >= 4 is 63.4 Å². The molecule has 6 heterocycles. The fourth-order valence-electron chi connectivity index (χ4n) is 10.6. The van der Waals surface area contributed by atoms with E-state index in [1.165, 1.54) is 6.92 Å². The molecule has 4 aliphatic rings. The second-order valence-electron chi connectivity index (χ2n) is 18.9. The maximum Gasteiger partial charge on any atom is 0.263 e. The number of nitrogens with one attached hydrogen (secondary N) is 3. The van der Waals surface area contributed by atoms with E-state index >= 15 is 0 Å². The molecule has 0 radical (unpaired) electrons. The molecule has 2 aliphatic heterocycles. The van der Waals surface area contributed by atoms with Gasteiger partial charge in [-0.1, -0.05) is 25.8 Å². The fourth-order valence-corrected chi connectivity index (χ4v) is 10.6. The number of piperazine rings is 1. The summed E-state index contributed by atoms with van der Waals surface area (Å²) < 4.78 is 1.72. The zero-order chi connectivity index (χ0) is 46.8. The first-order chi connectivity index (χ1) is 32.4. The average Bonchev–Trinajstić information content (AvgIpc) is 4.06. The molecule has 17 nitrogen and oxygen atoms in total. The van der Waals surface area contributed by atoms with Crippen LogP contribution in [-0.2, 0) is 11.2 Å². The van der Waals surface area contributed by atoms with Crippen molar-refractivity contribution in [2.45, 2.75) is 103 Å². The molecule has 1 unspecified atom stereocenters. The van der Waals surface area contributed by atoms with E-state index in [1.54, 1.807) is 23.8 Å². The Balaban J connectivity index is 0.749. The van der Waals surface area contributed by atoms with E-state index < -0.39 is 0 Å². The lowest BCUT2D eigenvalue weighted by atomic mass is 9.85. The minimum absolute atomic E-state index is 0.00792. The number of hydrogen-bond acceptors (Lipinski definition) is 14. The highest BCUT2D eigenvalue weighted by Crippen LogP contribution is 2.34. The predicted octanol–water partition coefficient (Wildman–Crippen LogP) is 6.62. The normalized spacial score (nSPS) is 20.3. The molecule has 5 aromatic rings. The number of Topliss-reactive ketones (excluding diaryl/α,β-unsaturated/α-hetero) is 1. The molecule has 2 saturated heterocycles. The Labute approximate surface area is 391 Å². The van der Waals surface area contributed by atoms with E-state index in [0.29, 0.717) is 51.6 Å². The van der Waals surface area contributed by atoms with Crippen LogP contribution in [0.4, 0.5) is 34.8 Å². The van der Waals surface area contributed by atoms with Gasteiger partial charge in [0.25, 0.3) is 11.5 Å². The van der Waals surface area contributed by atoms with Crippen molar-refractivity contribution in [3.63, 3.8) is 0 Å². The van der Waals surface area contributed by atoms with E-state index in [4.69, 9.17) is 9.97 Å². The van der Waals surface area contributed by atoms with Gasteiger partial charge in [0.1, 0.15) is 11.5 Å². The van der Waals surface area contributed by atoms with Crippen molar-refractivity contribution in [1.29, 1.82) is 0 Å². The third-order valence-electron chi connectivity index (χ3n) is 14.4. The largest absolute Gasteiger partial charge is 0.382 e. The Hall–Kier alpha value is -6.49. The third kappa shape index (κ3) is 9.83. The molecule has 67 heavy (non-hydrogen) atoms. The number of rotatable bonds is 13. The van der Waals surface area contributed by atoms with E-state index in [-0.39, 0.29) is 46.7 Å². The van der Waals surface area contributed by atoms with Gasteiger partial charge in [-0.15, -0.1) is 10.2 Å². The minimum Gasteiger partial charge on any atom is -0.382 e. The fraction of sp³-hybridized carbons (Fsp3) is 0.500. The summed E-state index contributed by atoms with van der Waals surface area (Å²) >= 11 is 0. The first kappa shape index (κ1) is 45.7. The van der Waals surface area contributed by atoms with Gasteiger partial charge >= 0.3 is 0 Å². The monoisotopic (exact) mass is 910 g/mol. The summed E-state index contributed by atoms with van der Waals surface area (Å²) in [6.45, 7) is 10.5. The van der Waals surface area contributed by atoms with Crippen LogP contribution >= 0.6 is 0 Å². The molecule has 1 atom stereocenters. The summed E-state index contributed by atoms with van der Waals surface area (Å²) in [5.74, 6) is 1.87. The molecule has 3 N–H and O–H groups in total. The van der Waals surface area contributed by atoms with Gasteiger partial charge in [-0.05, 0) is 113 Å². The summed E-state index contributed by atoms with van der Waals surface area (Å²) in [6.07, 6.45) is 12.6. The second kappa shape index (κ2) is 19.8. The van der Waals surface area contributed by atoms with E-state index in [9.17, 15) is 19.2 Å². The lowest BCUT2D eigenvalue weighted by Gasteiger charge is -2.39. The lowest BCUT2D eigenvalue weighted by Crippen LogP contribution is -2.51. The van der Waals surface area contributed by atoms with Crippen LogP contribution in [0.2, 0.25) is 0 Å². The summed E-state index contributed by atoms with van der Waals surface area (Å²) in [5, 5.41) is 18.9. The SMILES string of the molecule is CCc1ccc(C(=O)Nc2ccc(N(C)C)nn2)c(NC2CCC(C(=O)N3CCC(N4CCN(c5ccc(Nc6ncc7c(C)c(C(C)=O)c(=O)n(C8CCCC8)c7n6)nc5)CC4)C3)CC2)c1. The van der Waals surface area contributed by atoms with Gasteiger partial charge in [-0.25, -0.2) is 9.97 Å². The smallest absolute Gasteiger partial charge is 0.263 e. The quantitative estimate of drug-likeness (QED) is 0.107. The molecule has 1 aromatic carbocycles. The molecular weight excluding hydrogens is 847 g/mol. The van der Waals surface area contributed by atoms with Crippen LogP contribution in [0, 0.1) is 12.8 Å². The highest BCUT2D eigenvalue weighted by molar-refractivity contribution is 6.07. The molecule has 4 fully saturated rings. The van der Waals surface area contributed by atoms with Crippen LogP contribution in [0.1, 0.15) is 110 Å². The van der Waals surface area contributed by atoms with Crippen molar-refractivity contribution in [3.05, 3.63) is 87.5 Å². The lowest BCUT2D eigenvalue weighted by molar-refractivity contribution is -0.135. The van der Waals surface area contributed by atoms with Crippen LogP contribution < -0.4 is 31.3 Å². The van der Waals surface area contributed by atoms with Crippen LogP contribution in [0.5, 0.6) is 0 Å². The molecule has 352 valence electrons. The Kier molecular flexibility index (Phi) is 13.5. The first-order valence-electron chi connectivity index (χ1n) is 24.1. The van der Waals surface area contributed by atoms with E-state index in [2.05, 4.69) is 64.9 Å². The maximum absolute atomic E-state index is 13.9. The zero-order valence-electron chi connectivity index (χ0n) is 39.4. The number of carbonyl (C=O) groups excluding carboxylic acids is 3. The van der Waals surface area contributed by atoms with Gasteiger partial charge in [-0.3, -0.25) is 28.6 Å².